The third-order valence-electron chi connectivity index (χ3n) is 9.52. The van der Waals surface area contributed by atoms with E-state index < -0.39 is 0 Å². The highest BCUT2D eigenvalue weighted by Crippen LogP contribution is 2.37. The second kappa shape index (κ2) is 13.8. The first-order valence-electron chi connectivity index (χ1n) is 15.7. The summed E-state index contributed by atoms with van der Waals surface area (Å²) in [4.78, 5) is 25.8. The lowest BCUT2D eigenvalue weighted by Gasteiger charge is -2.36. The van der Waals surface area contributed by atoms with Crippen LogP contribution in [-0.2, 0) is 22.3 Å². The van der Waals surface area contributed by atoms with Crippen LogP contribution in [0.3, 0.4) is 0 Å². The van der Waals surface area contributed by atoms with Crippen molar-refractivity contribution in [2.75, 3.05) is 0 Å². The molecule has 2 aliphatic rings. The molecule has 0 aliphatic heterocycles. The number of hydrogen-bond donors (Lipinski definition) is 0. The third-order valence-corrected chi connectivity index (χ3v) is 9.52. The quantitative estimate of drug-likeness (QED) is 0.295. The van der Waals surface area contributed by atoms with Crippen molar-refractivity contribution in [2.24, 2.45) is 35.5 Å². The molecule has 2 aromatic rings. The molecule has 0 bridgehead atoms. The molecule has 0 unspecified atom stereocenters. The van der Waals surface area contributed by atoms with Crippen LogP contribution >= 0.6 is 0 Å². The van der Waals surface area contributed by atoms with Gasteiger partial charge in [0.15, 0.2) is 0 Å². The molecular formula is C36H50O4. The molecule has 4 rings (SSSR count). The van der Waals surface area contributed by atoms with Gasteiger partial charge in [-0.3, -0.25) is 0 Å². The Morgan fingerprint density at radius 2 is 0.975 bits per heavy atom. The van der Waals surface area contributed by atoms with Crippen molar-refractivity contribution in [1.82, 2.24) is 0 Å². The number of aryl methyl sites for hydroxylation is 2. The maximum absolute atomic E-state index is 12.9. The van der Waals surface area contributed by atoms with Crippen molar-refractivity contribution < 1.29 is 19.1 Å². The fraction of sp³-hybridized carbons (Fsp3) is 0.611. The number of ether oxygens (including phenoxy) is 2. The summed E-state index contributed by atoms with van der Waals surface area (Å²) in [7, 11) is 0. The molecule has 40 heavy (non-hydrogen) atoms. The summed E-state index contributed by atoms with van der Waals surface area (Å²) in [5.74, 6) is 2.72. The summed E-state index contributed by atoms with van der Waals surface area (Å²) in [6.45, 7) is 13.4. The van der Waals surface area contributed by atoms with Crippen LogP contribution in [0.2, 0.25) is 0 Å². The van der Waals surface area contributed by atoms with Crippen molar-refractivity contribution >= 4 is 11.9 Å². The van der Waals surface area contributed by atoms with E-state index >= 15 is 0 Å². The third kappa shape index (κ3) is 7.98. The molecule has 0 heterocycles. The highest BCUT2D eigenvalue weighted by Gasteiger charge is 2.34. The molecular weight excluding hydrogens is 496 g/mol. The Bertz CT molecular complexity index is 1010. The summed E-state index contributed by atoms with van der Waals surface area (Å²) in [5.41, 5.74) is 3.61. The molecule has 0 amide bonds. The summed E-state index contributed by atoms with van der Waals surface area (Å²) in [6, 6.07) is 15.7. The van der Waals surface area contributed by atoms with Crippen LogP contribution < -0.4 is 0 Å². The molecule has 2 fully saturated rings. The molecule has 4 heteroatoms. The largest absolute Gasteiger partial charge is 0.458 e. The predicted octanol–water partition coefficient (Wildman–Crippen LogP) is 8.71. The van der Waals surface area contributed by atoms with Crippen LogP contribution in [0.5, 0.6) is 0 Å². The van der Waals surface area contributed by atoms with Crippen molar-refractivity contribution in [1.29, 1.82) is 0 Å². The molecule has 0 spiro atoms. The smallest absolute Gasteiger partial charge is 0.338 e. The number of hydrogen-bond acceptors (Lipinski definition) is 4. The van der Waals surface area contributed by atoms with E-state index in [2.05, 4.69) is 41.5 Å². The van der Waals surface area contributed by atoms with Gasteiger partial charge in [0.2, 0.25) is 0 Å². The first-order chi connectivity index (χ1) is 19.1. The normalized spacial score (nSPS) is 27.0. The molecule has 2 aromatic carbocycles. The highest BCUT2D eigenvalue weighted by atomic mass is 16.5. The van der Waals surface area contributed by atoms with Gasteiger partial charge in [-0.1, -0.05) is 78.6 Å². The molecule has 4 nitrogen and oxygen atoms in total. The highest BCUT2D eigenvalue weighted by molar-refractivity contribution is 5.90. The van der Waals surface area contributed by atoms with Crippen LogP contribution in [0.1, 0.15) is 112 Å². The molecule has 0 aromatic heterocycles. The van der Waals surface area contributed by atoms with Gasteiger partial charge in [-0.2, -0.15) is 0 Å². The minimum Gasteiger partial charge on any atom is -0.458 e. The van der Waals surface area contributed by atoms with Crippen LogP contribution in [-0.4, -0.2) is 24.1 Å². The standard InChI is InChI=1S/C36H50O4/c1-23(2)31-19-7-25(5)21-33(31)39-35(37)29-15-11-27(12-16-29)9-10-28-13-17-30(18-14-28)36(38)40-34-22-26(6)8-20-32(34)24(3)4/h11-18,23-26,31-34H,7-10,19-22H2,1-6H3/t25-,26-,31+,32+,33-,34+/m0/s1. The van der Waals surface area contributed by atoms with E-state index in [1.807, 2.05) is 48.5 Å². The predicted molar refractivity (Wildman–Crippen MR) is 161 cm³/mol. The van der Waals surface area contributed by atoms with Gasteiger partial charge in [-0.15, -0.1) is 0 Å². The molecule has 6 atom stereocenters. The lowest BCUT2D eigenvalue weighted by Crippen LogP contribution is -2.35. The molecule has 218 valence electrons. The molecule has 2 saturated carbocycles. The van der Waals surface area contributed by atoms with Gasteiger partial charge >= 0.3 is 11.9 Å². The fourth-order valence-corrected chi connectivity index (χ4v) is 6.82. The first-order valence-corrected chi connectivity index (χ1v) is 15.7. The van der Waals surface area contributed by atoms with Crippen LogP contribution in [0, 0.1) is 35.5 Å². The molecule has 2 aliphatic carbocycles. The van der Waals surface area contributed by atoms with Crippen molar-refractivity contribution in [3.05, 3.63) is 70.8 Å². The average molecular weight is 547 g/mol. The van der Waals surface area contributed by atoms with Crippen molar-refractivity contribution in [3.8, 4) is 0 Å². The Morgan fingerprint density at radius 1 is 0.625 bits per heavy atom. The number of esters is 2. The number of carbonyl (C=O) groups is 2. The van der Waals surface area contributed by atoms with Gasteiger partial charge in [0.25, 0.3) is 0 Å². The maximum atomic E-state index is 12.9. The van der Waals surface area contributed by atoms with E-state index in [0.717, 1.165) is 38.5 Å². The van der Waals surface area contributed by atoms with Gasteiger partial charge in [0, 0.05) is 0 Å². The monoisotopic (exact) mass is 546 g/mol. The Kier molecular flexibility index (Phi) is 10.5. The van der Waals surface area contributed by atoms with Crippen molar-refractivity contribution in [2.45, 2.75) is 105 Å². The van der Waals surface area contributed by atoms with Gasteiger partial charge in [0.1, 0.15) is 12.2 Å². The SMILES string of the molecule is CC(C)[C@H]1CC[C@H](C)C[C@@H]1OC(=O)c1ccc(CCc2ccc(C(=O)O[C@@H]3C[C@@H](C)CC[C@@H]3C(C)C)cc2)cc1. The van der Waals surface area contributed by atoms with E-state index in [1.165, 1.54) is 24.0 Å². The van der Waals surface area contributed by atoms with Crippen LogP contribution in [0.4, 0.5) is 0 Å². The molecule has 0 radical (unpaired) electrons. The lowest BCUT2D eigenvalue weighted by molar-refractivity contribution is -0.0181. The summed E-state index contributed by atoms with van der Waals surface area (Å²) < 4.78 is 12.0. The Morgan fingerprint density at radius 3 is 1.30 bits per heavy atom. The Labute approximate surface area is 242 Å². The van der Waals surface area contributed by atoms with Gasteiger partial charge in [-0.05, 0) is 109 Å². The topological polar surface area (TPSA) is 52.6 Å². The second-order valence-corrected chi connectivity index (χ2v) is 13.4. The van der Waals surface area contributed by atoms with Crippen molar-refractivity contribution in [3.63, 3.8) is 0 Å². The van der Waals surface area contributed by atoms with Crippen LogP contribution in [0.25, 0.3) is 0 Å². The van der Waals surface area contributed by atoms with E-state index in [4.69, 9.17) is 9.47 Å². The Balaban J connectivity index is 1.28. The van der Waals surface area contributed by atoms with Gasteiger partial charge < -0.3 is 9.47 Å². The van der Waals surface area contributed by atoms with E-state index in [-0.39, 0.29) is 24.1 Å². The summed E-state index contributed by atoms with van der Waals surface area (Å²) in [6.07, 6.45) is 8.39. The molecule has 0 saturated heterocycles. The summed E-state index contributed by atoms with van der Waals surface area (Å²) in [5, 5.41) is 0. The number of benzene rings is 2. The fourth-order valence-electron chi connectivity index (χ4n) is 6.82. The second-order valence-electron chi connectivity index (χ2n) is 13.4. The minimum absolute atomic E-state index is 0.0130. The maximum Gasteiger partial charge on any atom is 0.338 e. The summed E-state index contributed by atoms with van der Waals surface area (Å²) >= 11 is 0. The zero-order chi connectivity index (χ0) is 28.8. The van der Waals surface area contributed by atoms with E-state index in [9.17, 15) is 9.59 Å². The molecule has 0 N–H and O–H groups in total. The van der Waals surface area contributed by atoms with Gasteiger partial charge in [0.05, 0.1) is 11.1 Å². The zero-order valence-corrected chi connectivity index (χ0v) is 25.5. The lowest BCUT2D eigenvalue weighted by atomic mass is 9.75. The Hall–Kier alpha value is -2.62. The van der Waals surface area contributed by atoms with E-state index in [1.54, 1.807) is 0 Å². The number of rotatable bonds is 9. The zero-order valence-electron chi connectivity index (χ0n) is 25.5. The van der Waals surface area contributed by atoms with Gasteiger partial charge in [-0.25, -0.2) is 9.59 Å². The van der Waals surface area contributed by atoms with E-state index in [0.29, 0.717) is 46.6 Å². The van der Waals surface area contributed by atoms with Crippen LogP contribution in [0.15, 0.2) is 48.5 Å². The first kappa shape index (κ1) is 30.3. The minimum atomic E-state index is -0.207. The number of carbonyl (C=O) groups excluding carboxylic acids is 2. The average Bonchev–Trinajstić information content (AvgIpc) is 2.92.